The summed E-state index contributed by atoms with van der Waals surface area (Å²) in [4.78, 5) is 1.91. The Hall–Kier alpha value is 0.220. The number of rotatable bonds is 2. The van der Waals surface area contributed by atoms with Crippen LogP contribution in [-0.2, 0) is 0 Å². The van der Waals surface area contributed by atoms with Gasteiger partial charge in [0, 0.05) is 0 Å². The first-order chi connectivity index (χ1) is 3.27. The second kappa shape index (κ2) is 4.38. The van der Waals surface area contributed by atoms with Gasteiger partial charge in [-0.25, -0.2) is 0 Å². The molecule has 0 aliphatic rings. The summed E-state index contributed by atoms with van der Waals surface area (Å²) in [5, 5.41) is 0. The van der Waals surface area contributed by atoms with Crippen molar-refractivity contribution >= 4 is 15.9 Å². The molecule has 0 heterocycles. The van der Waals surface area contributed by atoms with Gasteiger partial charge in [-0.15, -0.1) is 0 Å². The summed E-state index contributed by atoms with van der Waals surface area (Å²) in [6.07, 6.45) is 3.29. The Kier molecular flexibility index (Phi) is 4.52. The van der Waals surface area contributed by atoms with Gasteiger partial charge in [-0.2, -0.15) is 0 Å². The lowest BCUT2D eigenvalue weighted by Crippen LogP contribution is -1.79. The molecule has 0 rings (SSSR count). The molecule has 0 fully saturated rings. The van der Waals surface area contributed by atoms with Crippen LogP contribution < -0.4 is 0 Å². The Morgan fingerprint density at radius 2 is 2.14 bits per heavy atom. The van der Waals surface area contributed by atoms with E-state index in [-0.39, 0.29) is 0 Å². The van der Waals surface area contributed by atoms with E-state index in [0.29, 0.717) is 0 Å². The van der Waals surface area contributed by atoms with E-state index in [0.717, 1.165) is 5.92 Å². The summed E-state index contributed by atoms with van der Waals surface area (Å²) in [5.41, 5.74) is 0. The van der Waals surface area contributed by atoms with Crippen molar-refractivity contribution in [3.05, 3.63) is 11.1 Å². The minimum absolute atomic E-state index is 0.786. The first kappa shape index (κ1) is 7.22. The molecule has 0 saturated carbocycles. The highest BCUT2D eigenvalue weighted by molar-refractivity contribution is 9.11. The van der Waals surface area contributed by atoms with Crippen LogP contribution >= 0.6 is 15.9 Å². The van der Waals surface area contributed by atoms with Crippen molar-refractivity contribution in [3.63, 3.8) is 0 Å². The minimum atomic E-state index is 0.786. The number of allylic oxidation sites excluding steroid dienone is 1. The molecule has 0 unspecified atom stereocenters. The quantitative estimate of drug-likeness (QED) is 0.587. The Bertz CT molecular complexity index is 55.2. The summed E-state index contributed by atoms with van der Waals surface area (Å²) in [6.45, 7) is 4.40. The third kappa shape index (κ3) is 6.22. The molecule has 42 valence electrons. The fourth-order valence-electron chi connectivity index (χ4n) is 0.324. The van der Waals surface area contributed by atoms with Crippen LogP contribution in [0.1, 0.15) is 20.3 Å². The van der Waals surface area contributed by atoms with Crippen LogP contribution in [0.5, 0.6) is 0 Å². The average molecular weight is 163 g/mol. The van der Waals surface area contributed by atoms with Crippen LogP contribution in [0.25, 0.3) is 0 Å². The van der Waals surface area contributed by atoms with Crippen molar-refractivity contribution in [1.82, 2.24) is 0 Å². The van der Waals surface area contributed by atoms with Gasteiger partial charge < -0.3 is 0 Å². The minimum Gasteiger partial charge on any atom is -0.0773 e. The van der Waals surface area contributed by atoms with Crippen molar-refractivity contribution in [2.24, 2.45) is 5.92 Å². The predicted octanol–water partition coefficient (Wildman–Crippen LogP) is 2.94. The molecule has 0 bridgehead atoms. The summed E-state index contributed by atoms with van der Waals surface area (Å²) in [7, 11) is 0. The van der Waals surface area contributed by atoms with Gasteiger partial charge in [-0.1, -0.05) is 35.9 Å². The molecule has 0 spiro atoms. The largest absolute Gasteiger partial charge is 0.0773 e. The van der Waals surface area contributed by atoms with Crippen molar-refractivity contribution in [3.8, 4) is 0 Å². The van der Waals surface area contributed by atoms with Gasteiger partial charge in [-0.3, -0.25) is 0 Å². The second-order valence-corrected chi connectivity index (χ2v) is 2.52. The summed E-state index contributed by atoms with van der Waals surface area (Å²) in [6, 6.07) is 0. The second-order valence-electron chi connectivity index (χ2n) is 1.99. The molecule has 0 aromatic carbocycles. The topological polar surface area (TPSA) is 0 Å². The molecule has 0 aromatic rings. The monoisotopic (exact) mass is 162 g/mol. The highest BCUT2D eigenvalue weighted by Gasteiger charge is 1.84. The lowest BCUT2D eigenvalue weighted by atomic mass is 10.1. The van der Waals surface area contributed by atoms with Crippen LogP contribution in [0.4, 0.5) is 0 Å². The maximum atomic E-state index is 3.20. The van der Waals surface area contributed by atoms with Gasteiger partial charge in [-0.05, 0) is 17.3 Å². The van der Waals surface area contributed by atoms with E-state index in [4.69, 9.17) is 0 Å². The highest BCUT2D eigenvalue weighted by atomic mass is 79.9. The van der Waals surface area contributed by atoms with E-state index >= 15 is 0 Å². The Morgan fingerprint density at radius 3 is 2.29 bits per heavy atom. The molecule has 0 atom stereocenters. The Balaban J connectivity index is 2.97. The van der Waals surface area contributed by atoms with E-state index in [2.05, 4.69) is 35.9 Å². The van der Waals surface area contributed by atoms with Crippen LogP contribution in [0.3, 0.4) is 0 Å². The van der Waals surface area contributed by atoms with Gasteiger partial charge >= 0.3 is 0 Å². The molecular formula is C6H11Br. The van der Waals surface area contributed by atoms with Crippen LogP contribution in [0.2, 0.25) is 0 Å². The van der Waals surface area contributed by atoms with Crippen molar-refractivity contribution < 1.29 is 0 Å². The molecular weight excluding hydrogens is 152 g/mol. The van der Waals surface area contributed by atoms with Crippen molar-refractivity contribution in [1.29, 1.82) is 0 Å². The first-order valence-electron chi connectivity index (χ1n) is 2.52. The summed E-state index contributed by atoms with van der Waals surface area (Å²) < 4.78 is 0. The van der Waals surface area contributed by atoms with E-state index in [1.165, 1.54) is 6.42 Å². The van der Waals surface area contributed by atoms with Crippen molar-refractivity contribution in [2.75, 3.05) is 0 Å². The Labute approximate surface area is 53.7 Å². The third-order valence-electron chi connectivity index (χ3n) is 0.697. The highest BCUT2D eigenvalue weighted by Crippen LogP contribution is 2.00. The van der Waals surface area contributed by atoms with Gasteiger partial charge in [0.15, 0.2) is 0 Å². The van der Waals surface area contributed by atoms with Crippen LogP contribution in [0.15, 0.2) is 11.1 Å². The summed E-state index contributed by atoms with van der Waals surface area (Å²) >= 11 is 3.20. The molecule has 0 radical (unpaired) electrons. The molecule has 0 aliphatic carbocycles. The molecule has 0 nitrogen and oxygen atoms in total. The molecule has 0 aliphatic heterocycles. The lowest BCUT2D eigenvalue weighted by Gasteiger charge is -1.93. The summed E-state index contributed by atoms with van der Waals surface area (Å²) in [5.74, 6) is 0.786. The number of hydrogen-bond donors (Lipinski definition) is 0. The number of halogens is 1. The van der Waals surface area contributed by atoms with Crippen LogP contribution in [0, 0.1) is 5.92 Å². The molecule has 0 amide bonds. The van der Waals surface area contributed by atoms with E-state index in [1.807, 2.05) is 4.99 Å². The fraction of sp³-hybridized carbons (Fsp3) is 0.667. The van der Waals surface area contributed by atoms with Gasteiger partial charge in [0.25, 0.3) is 0 Å². The number of hydrogen-bond acceptors (Lipinski definition) is 0. The zero-order chi connectivity index (χ0) is 5.70. The zero-order valence-electron chi connectivity index (χ0n) is 4.82. The molecule has 1 heteroatoms. The van der Waals surface area contributed by atoms with Crippen LogP contribution in [-0.4, -0.2) is 0 Å². The van der Waals surface area contributed by atoms with E-state index in [1.54, 1.807) is 0 Å². The predicted molar refractivity (Wildman–Crippen MR) is 37.5 cm³/mol. The maximum Gasteiger partial charge on any atom is -0.0229 e. The molecule has 0 aromatic heterocycles. The third-order valence-corrected chi connectivity index (χ3v) is 1.07. The smallest absolute Gasteiger partial charge is 0.0229 e. The fourth-order valence-corrected chi connectivity index (χ4v) is 0.539. The molecule has 0 N–H and O–H groups in total. The van der Waals surface area contributed by atoms with Gasteiger partial charge in [0.1, 0.15) is 0 Å². The standard InChI is InChI=1S/C6H11Br/c1-6(2)4-3-5-7/h3,5-6H,4H2,1-2H3/b5-3-. The van der Waals surface area contributed by atoms with E-state index < -0.39 is 0 Å². The van der Waals surface area contributed by atoms with Gasteiger partial charge in [0.2, 0.25) is 0 Å². The van der Waals surface area contributed by atoms with Crippen molar-refractivity contribution in [2.45, 2.75) is 20.3 Å². The lowest BCUT2D eigenvalue weighted by molar-refractivity contribution is 0.664. The first-order valence-corrected chi connectivity index (χ1v) is 3.44. The Morgan fingerprint density at radius 1 is 1.57 bits per heavy atom. The molecule has 7 heavy (non-hydrogen) atoms. The zero-order valence-corrected chi connectivity index (χ0v) is 6.40. The average Bonchev–Trinajstić information content (AvgIpc) is 1.61. The van der Waals surface area contributed by atoms with E-state index in [9.17, 15) is 0 Å². The normalized spacial score (nSPS) is 11.4. The molecule has 0 saturated heterocycles. The maximum absolute atomic E-state index is 3.20. The van der Waals surface area contributed by atoms with Gasteiger partial charge in [0.05, 0.1) is 0 Å². The SMILES string of the molecule is CC(C)C/C=C\Br.